The highest BCUT2D eigenvalue weighted by molar-refractivity contribution is 9.10. The van der Waals surface area contributed by atoms with Crippen molar-refractivity contribution in [2.45, 2.75) is 82.6 Å². The van der Waals surface area contributed by atoms with Crippen LogP contribution in [0.3, 0.4) is 0 Å². The third-order valence-corrected chi connectivity index (χ3v) is 6.26. The maximum atomic E-state index is 13.6. The Balaban J connectivity index is 1.71. The first-order valence-electron chi connectivity index (χ1n) is 10.6. The van der Waals surface area contributed by atoms with E-state index in [0.717, 1.165) is 0 Å². The van der Waals surface area contributed by atoms with Crippen LogP contribution < -0.4 is 10.7 Å². The molecule has 8 nitrogen and oxygen atoms in total. The van der Waals surface area contributed by atoms with Gasteiger partial charge in [0.05, 0.1) is 5.60 Å². The van der Waals surface area contributed by atoms with Gasteiger partial charge in [-0.1, -0.05) is 15.9 Å². The van der Waals surface area contributed by atoms with Gasteiger partial charge in [-0.15, -0.1) is 0 Å². The van der Waals surface area contributed by atoms with Crippen molar-refractivity contribution >= 4 is 33.8 Å². The molecule has 1 spiro atoms. The van der Waals surface area contributed by atoms with Crippen LogP contribution in [0.4, 0.5) is 14.0 Å². The molecule has 1 fully saturated rings. The molecule has 10 heteroatoms. The van der Waals surface area contributed by atoms with E-state index in [9.17, 15) is 19.1 Å². The Labute approximate surface area is 195 Å². The van der Waals surface area contributed by atoms with E-state index in [1.165, 1.54) is 12.1 Å². The summed E-state index contributed by atoms with van der Waals surface area (Å²) in [5.41, 5.74) is 0.717. The molecule has 0 radical (unpaired) electrons. The molecule has 1 aliphatic carbocycles. The standard InChI is InChI=1S/C22H29BrFN3O5/c1-13(25-18(28)31-20(2,3)4)12-21(30)7-9-22(10-8-21)17(26-27-19(29)32-22)15-6-5-14(24)11-16(15)23/h5-6,11,13,30H,7-10,12H2,1-4H3,(H,25,28)(H,27,29)/t13-,21?,22?/m0/s1. The summed E-state index contributed by atoms with van der Waals surface area (Å²) in [5.74, 6) is -0.402. The molecule has 1 heterocycles. The van der Waals surface area contributed by atoms with Crippen molar-refractivity contribution in [1.82, 2.24) is 10.7 Å². The summed E-state index contributed by atoms with van der Waals surface area (Å²) in [6, 6.07) is 3.90. The molecule has 176 valence electrons. The third-order valence-electron chi connectivity index (χ3n) is 5.60. The van der Waals surface area contributed by atoms with E-state index < -0.39 is 34.8 Å². The molecule has 0 bridgehead atoms. The predicted octanol–water partition coefficient (Wildman–Crippen LogP) is 4.38. The third kappa shape index (κ3) is 5.78. The van der Waals surface area contributed by atoms with Gasteiger partial charge in [0, 0.05) is 16.1 Å². The molecular weight excluding hydrogens is 485 g/mol. The SMILES string of the molecule is C[C@@H](CC1(O)CCC2(CC1)OC(=O)NN=C2c1ccc(F)cc1Br)NC(=O)OC(C)(C)C. The Morgan fingerprint density at radius 1 is 1.38 bits per heavy atom. The molecule has 1 aliphatic heterocycles. The predicted molar refractivity (Wildman–Crippen MR) is 120 cm³/mol. The maximum Gasteiger partial charge on any atom is 0.428 e. The smallest absolute Gasteiger partial charge is 0.428 e. The lowest BCUT2D eigenvalue weighted by Gasteiger charge is -2.45. The van der Waals surface area contributed by atoms with Crippen molar-refractivity contribution < 1.29 is 28.6 Å². The van der Waals surface area contributed by atoms with Crippen molar-refractivity contribution in [3.8, 4) is 0 Å². The van der Waals surface area contributed by atoms with Crippen molar-refractivity contribution in [2.24, 2.45) is 5.10 Å². The molecule has 1 aromatic rings. The zero-order chi connectivity index (χ0) is 23.7. The Morgan fingerprint density at radius 3 is 2.62 bits per heavy atom. The van der Waals surface area contributed by atoms with Crippen LogP contribution >= 0.6 is 15.9 Å². The fourth-order valence-electron chi connectivity index (χ4n) is 4.23. The molecule has 3 N–H and O–H groups in total. The number of hydrogen-bond donors (Lipinski definition) is 3. The van der Waals surface area contributed by atoms with E-state index in [1.807, 2.05) is 0 Å². The molecule has 0 aromatic heterocycles. The zero-order valence-corrected chi connectivity index (χ0v) is 20.2. The Bertz CT molecular complexity index is 923. The van der Waals surface area contributed by atoms with Gasteiger partial charge in [0.1, 0.15) is 17.1 Å². The topological polar surface area (TPSA) is 109 Å². The molecule has 3 rings (SSSR count). The number of carbonyl (C=O) groups excluding carboxylic acids is 2. The Morgan fingerprint density at radius 2 is 2.03 bits per heavy atom. The lowest BCUT2D eigenvalue weighted by atomic mass is 9.70. The monoisotopic (exact) mass is 513 g/mol. The van der Waals surface area contributed by atoms with Crippen LogP contribution in [0.1, 0.15) is 65.4 Å². The van der Waals surface area contributed by atoms with Gasteiger partial charge in [-0.3, -0.25) is 0 Å². The van der Waals surface area contributed by atoms with Gasteiger partial charge in [0.15, 0.2) is 5.60 Å². The van der Waals surface area contributed by atoms with E-state index >= 15 is 0 Å². The fourth-order valence-corrected chi connectivity index (χ4v) is 4.77. The van der Waals surface area contributed by atoms with Crippen molar-refractivity contribution in [1.29, 1.82) is 0 Å². The first-order chi connectivity index (χ1) is 14.8. The number of ether oxygens (including phenoxy) is 2. The number of amides is 2. The minimum absolute atomic E-state index is 0.321. The summed E-state index contributed by atoms with van der Waals surface area (Å²) in [6.07, 6.45) is 0.441. The molecule has 0 saturated heterocycles. The van der Waals surface area contributed by atoms with Crippen molar-refractivity contribution in [2.75, 3.05) is 0 Å². The maximum absolute atomic E-state index is 13.6. The normalized spacial score (nSPS) is 26.6. The van der Waals surface area contributed by atoms with Crippen LogP contribution in [-0.4, -0.2) is 45.8 Å². The summed E-state index contributed by atoms with van der Waals surface area (Å²) >= 11 is 3.36. The molecule has 0 unspecified atom stereocenters. The molecule has 32 heavy (non-hydrogen) atoms. The molecular formula is C22H29BrFN3O5. The van der Waals surface area contributed by atoms with E-state index in [1.54, 1.807) is 33.8 Å². The molecule has 1 saturated carbocycles. The quantitative estimate of drug-likeness (QED) is 0.553. The second-order valence-electron chi connectivity index (χ2n) is 9.56. The van der Waals surface area contributed by atoms with Crippen LogP contribution in [0.15, 0.2) is 27.8 Å². The average Bonchev–Trinajstić information content (AvgIpc) is 2.64. The van der Waals surface area contributed by atoms with E-state index in [-0.39, 0.29) is 6.04 Å². The van der Waals surface area contributed by atoms with E-state index in [4.69, 9.17) is 9.47 Å². The lowest BCUT2D eigenvalue weighted by Crippen LogP contribution is -2.56. The van der Waals surface area contributed by atoms with Crippen LogP contribution in [0, 0.1) is 5.82 Å². The second-order valence-corrected chi connectivity index (χ2v) is 10.4. The molecule has 2 aliphatic rings. The Kier molecular flexibility index (Phi) is 6.86. The van der Waals surface area contributed by atoms with Gasteiger partial charge in [0.25, 0.3) is 0 Å². The zero-order valence-electron chi connectivity index (χ0n) is 18.6. The van der Waals surface area contributed by atoms with Crippen LogP contribution in [-0.2, 0) is 9.47 Å². The van der Waals surface area contributed by atoms with Crippen LogP contribution in [0.25, 0.3) is 0 Å². The van der Waals surface area contributed by atoms with Gasteiger partial charge in [-0.25, -0.2) is 19.4 Å². The largest absolute Gasteiger partial charge is 0.444 e. The number of nitrogens with zero attached hydrogens (tertiary/aromatic N) is 1. The number of nitrogens with one attached hydrogen (secondary N) is 2. The highest BCUT2D eigenvalue weighted by Gasteiger charge is 2.50. The minimum Gasteiger partial charge on any atom is -0.444 e. The fraction of sp³-hybridized carbons (Fsp3) is 0.591. The van der Waals surface area contributed by atoms with Gasteiger partial charge < -0.3 is 19.9 Å². The number of hydrogen-bond acceptors (Lipinski definition) is 6. The average molecular weight is 514 g/mol. The van der Waals surface area contributed by atoms with Crippen LogP contribution in [0.5, 0.6) is 0 Å². The highest BCUT2D eigenvalue weighted by atomic mass is 79.9. The number of halogens is 2. The molecule has 2 amide bonds. The first kappa shape index (κ1) is 24.4. The highest BCUT2D eigenvalue weighted by Crippen LogP contribution is 2.43. The van der Waals surface area contributed by atoms with Crippen molar-refractivity contribution in [3.05, 3.63) is 34.1 Å². The molecule has 1 atom stereocenters. The summed E-state index contributed by atoms with van der Waals surface area (Å²) in [5, 5.41) is 18.1. The number of carbonyl (C=O) groups is 2. The summed E-state index contributed by atoms with van der Waals surface area (Å²) in [4.78, 5) is 24.0. The van der Waals surface area contributed by atoms with E-state index in [2.05, 4.69) is 31.8 Å². The van der Waals surface area contributed by atoms with Gasteiger partial charge in [-0.05, 0) is 78.0 Å². The number of aliphatic hydroxyl groups is 1. The summed E-state index contributed by atoms with van der Waals surface area (Å²) < 4.78 is 25.0. The molecule has 1 aromatic carbocycles. The number of alkyl carbamates (subject to hydrolysis) is 1. The van der Waals surface area contributed by atoms with Gasteiger partial charge in [-0.2, -0.15) is 5.10 Å². The summed E-state index contributed by atoms with van der Waals surface area (Å²) in [7, 11) is 0. The number of benzene rings is 1. The lowest BCUT2D eigenvalue weighted by molar-refractivity contribution is -0.0666. The van der Waals surface area contributed by atoms with Gasteiger partial charge in [0.2, 0.25) is 0 Å². The first-order valence-corrected chi connectivity index (χ1v) is 11.3. The van der Waals surface area contributed by atoms with Crippen LogP contribution in [0.2, 0.25) is 0 Å². The van der Waals surface area contributed by atoms with E-state index in [0.29, 0.717) is 47.9 Å². The number of hydrazone groups is 1. The Hall–Kier alpha value is -2.20. The summed E-state index contributed by atoms with van der Waals surface area (Å²) in [6.45, 7) is 7.15. The van der Waals surface area contributed by atoms with Gasteiger partial charge >= 0.3 is 12.2 Å². The van der Waals surface area contributed by atoms with Crippen molar-refractivity contribution in [3.63, 3.8) is 0 Å². The second kappa shape index (κ2) is 8.97. The minimum atomic E-state index is -1.05. The number of rotatable bonds is 4.